The van der Waals surface area contributed by atoms with Crippen LogP contribution in [0.2, 0.25) is 0 Å². The van der Waals surface area contributed by atoms with Crippen LogP contribution < -0.4 is 16.0 Å². The first-order valence-electron chi connectivity index (χ1n) is 8.51. The van der Waals surface area contributed by atoms with Crippen LogP contribution in [0.25, 0.3) is 10.7 Å². The maximum absolute atomic E-state index is 8.81. The Morgan fingerprint density at radius 3 is 2.93 bits per heavy atom. The van der Waals surface area contributed by atoms with E-state index in [1.807, 2.05) is 12.1 Å². The minimum atomic E-state index is 0.0602. The minimum absolute atomic E-state index is 0.0602. The van der Waals surface area contributed by atoms with E-state index in [2.05, 4.69) is 46.3 Å². The molecule has 3 aromatic heterocycles. The van der Waals surface area contributed by atoms with E-state index < -0.39 is 0 Å². The molecule has 0 aromatic carbocycles. The summed E-state index contributed by atoms with van der Waals surface area (Å²) in [4.78, 5) is 8.11. The van der Waals surface area contributed by atoms with E-state index in [-0.39, 0.29) is 11.8 Å². The maximum atomic E-state index is 8.81. The summed E-state index contributed by atoms with van der Waals surface area (Å²) in [5.74, 6) is 0.945. The molecule has 3 N–H and O–H groups in total. The van der Waals surface area contributed by atoms with Gasteiger partial charge in [0.1, 0.15) is 23.1 Å². The molecular weight excluding hydrogens is 380 g/mol. The molecule has 1 unspecified atom stereocenters. The number of anilines is 3. The first kappa shape index (κ1) is 18.1. The van der Waals surface area contributed by atoms with Crippen molar-refractivity contribution in [3.8, 4) is 16.8 Å². The van der Waals surface area contributed by atoms with Crippen molar-refractivity contribution in [2.24, 2.45) is 0 Å². The SMILES string of the molecule is N#Cc1cnc(Nc2cc(NCC3CNCCO3)c(-c3nncs3)nn2)cn1. The van der Waals surface area contributed by atoms with Crippen molar-refractivity contribution >= 4 is 28.7 Å². The van der Waals surface area contributed by atoms with Gasteiger partial charge in [-0.05, 0) is 0 Å². The monoisotopic (exact) mass is 396 g/mol. The van der Waals surface area contributed by atoms with Crippen molar-refractivity contribution in [1.82, 2.24) is 35.7 Å². The predicted octanol–water partition coefficient (Wildman–Crippen LogP) is 0.801. The van der Waals surface area contributed by atoms with Gasteiger partial charge in [-0.2, -0.15) is 5.26 Å². The highest BCUT2D eigenvalue weighted by molar-refractivity contribution is 7.12. The predicted molar refractivity (Wildman–Crippen MR) is 102 cm³/mol. The molecule has 4 rings (SSSR count). The van der Waals surface area contributed by atoms with Gasteiger partial charge in [0, 0.05) is 25.7 Å². The number of aromatic nitrogens is 6. The van der Waals surface area contributed by atoms with E-state index in [0.29, 0.717) is 35.5 Å². The average Bonchev–Trinajstić information content (AvgIpc) is 3.28. The number of nitrogens with one attached hydrogen (secondary N) is 3. The van der Waals surface area contributed by atoms with Crippen molar-refractivity contribution < 1.29 is 4.74 Å². The van der Waals surface area contributed by atoms with Gasteiger partial charge in [-0.3, -0.25) is 0 Å². The summed E-state index contributed by atoms with van der Waals surface area (Å²) in [6, 6.07) is 3.75. The molecule has 12 heteroatoms. The van der Waals surface area contributed by atoms with Crippen molar-refractivity contribution in [3.05, 3.63) is 29.7 Å². The lowest BCUT2D eigenvalue weighted by atomic mass is 10.2. The zero-order valence-electron chi connectivity index (χ0n) is 14.7. The van der Waals surface area contributed by atoms with E-state index >= 15 is 0 Å². The largest absolute Gasteiger partial charge is 0.380 e. The number of nitriles is 1. The first-order valence-corrected chi connectivity index (χ1v) is 9.39. The summed E-state index contributed by atoms with van der Waals surface area (Å²) >= 11 is 1.38. The molecule has 11 nitrogen and oxygen atoms in total. The molecule has 0 bridgehead atoms. The number of ether oxygens (including phenoxy) is 1. The molecule has 1 saturated heterocycles. The zero-order valence-corrected chi connectivity index (χ0v) is 15.5. The highest BCUT2D eigenvalue weighted by Gasteiger charge is 2.17. The van der Waals surface area contributed by atoms with Crippen LogP contribution in [-0.2, 0) is 4.74 Å². The number of hydrogen-bond acceptors (Lipinski definition) is 12. The molecule has 28 heavy (non-hydrogen) atoms. The van der Waals surface area contributed by atoms with Crippen molar-refractivity contribution in [2.45, 2.75) is 6.10 Å². The van der Waals surface area contributed by atoms with E-state index in [4.69, 9.17) is 10.00 Å². The molecular formula is C16H16N10OS. The van der Waals surface area contributed by atoms with Gasteiger partial charge in [0.15, 0.2) is 16.5 Å². The number of morpholine rings is 1. The van der Waals surface area contributed by atoms with Gasteiger partial charge in [-0.15, -0.1) is 20.4 Å². The second-order valence-electron chi connectivity index (χ2n) is 5.84. The molecule has 0 radical (unpaired) electrons. The van der Waals surface area contributed by atoms with Gasteiger partial charge in [0.25, 0.3) is 0 Å². The van der Waals surface area contributed by atoms with Crippen LogP contribution >= 0.6 is 11.3 Å². The summed E-state index contributed by atoms with van der Waals surface area (Å²) in [5.41, 5.74) is 3.26. The van der Waals surface area contributed by atoms with Gasteiger partial charge in [0.05, 0.1) is 30.8 Å². The number of hydrogen-bond donors (Lipinski definition) is 3. The summed E-state index contributed by atoms with van der Waals surface area (Å²) in [5, 5.41) is 35.6. The fourth-order valence-corrected chi connectivity index (χ4v) is 3.13. The molecule has 0 aliphatic carbocycles. The standard InChI is InChI=1S/C16H16N10OS/c17-4-10-5-21-14(8-19-10)23-13-3-12(20-7-11-6-18-1-2-27-11)15(25-24-13)16-26-22-9-28-16/h3,5,8-9,11,18H,1-2,6-7H2,(H2,20,21,23,24). The zero-order chi connectivity index (χ0) is 19.2. The number of nitrogens with zero attached hydrogens (tertiary/aromatic N) is 7. The Morgan fingerprint density at radius 2 is 2.21 bits per heavy atom. The molecule has 0 spiro atoms. The van der Waals surface area contributed by atoms with Gasteiger partial charge < -0.3 is 20.7 Å². The van der Waals surface area contributed by atoms with Crippen molar-refractivity contribution in [3.63, 3.8) is 0 Å². The van der Waals surface area contributed by atoms with Crippen LogP contribution in [0.4, 0.5) is 17.3 Å². The van der Waals surface area contributed by atoms with Gasteiger partial charge in [0.2, 0.25) is 0 Å². The van der Waals surface area contributed by atoms with Crippen LogP contribution in [0, 0.1) is 11.3 Å². The Bertz CT molecular complexity index is 951. The van der Waals surface area contributed by atoms with Crippen LogP contribution in [-0.4, -0.2) is 62.7 Å². The Balaban J connectivity index is 1.55. The molecule has 4 heterocycles. The molecule has 0 saturated carbocycles. The summed E-state index contributed by atoms with van der Waals surface area (Å²) < 4.78 is 5.73. The molecule has 3 aromatic rings. The van der Waals surface area contributed by atoms with Crippen LogP contribution in [0.3, 0.4) is 0 Å². The summed E-state index contributed by atoms with van der Waals surface area (Å²) in [6.07, 6.45) is 2.91. The van der Waals surface area contributed by atoms with E-state index in [9.17, 15) is 0 Å². The van der Waals surface area contributed by atoms with E-state index in [0.717, 1.165) is 18.8 Å². The minimum Gasteiger partial charge on any atom is -0.380 e. The smallest absolute Gasteiger partial charge is 0.170 e. The molecule has 142 valence electrons. The first-order chi connectivity index (χ1) is 13.8. The second kappa shape index (κ2) is 8.61. The van der Waals surface area contributed by atoms with Crippen molar-refractivity contribution in [1.29, 1.82) is 5.26 Å². The third-order valence-electron chi connectivity index (χ3n) is 3.90. The number of rotatable bonds is 6. The molecule has 0 amide bonds. The second-order valence-corrected chi connectivity index (χ2v) is 6.67. The Hall–Kier alpha value is -3.27. The van der Waals surface area contributed by atoms with Gasteiger partial charge in [-0.25, -0.2) is 9.97 Å². The van der Waals surface area contributed by atoms with Crippen LogP contribution in [0.5, 0.6) is 0 Å². The summed E-state index contributed by atoms with van der Waals surface area (Å²) in [7, 11) is 0. The molecule has 1 fully saturated rings. The summed E-state index contributed by atoms with van der Waals surface area (Å²) in [6.45, 7) is 2.95. The van der Waals surface area contributed by atoms with E-state index in [1.54, 1.807) is 5.51 Å². The lowest BCUT2D eigenvalue weighted by Crippen LogP contribution is -2.42. The lowest BCUT2D eigenvalue weighted by Gasteiger charge is -2.24. The van der Waals surface area contributed by atoms with E-state index in [1.165, 1.54) is 23.7 Å². The van der Waals surface area contributed by atoms with Crippen LogP contribution in [0.1, 0.15) is 5.69 Å². The third kappa shape index (κ3) is 4.34. The van der Waals surface area contributed by atoms with Gasteiger partial charge in [-0.1, -0.05) is 11.3 Å². The Labute approximate surface area is 164 Å². The maximum Gasteiger partial charge on any atom is 0.170 e. The Morgan fingerprint density at radius 1 is 1.25 bits per heavy atom. The highest BCUT2D eigenvalue weighted by Crippen LogP contribution is 2.28. The van der Waals surface area contributed by atoms with Crippen LogP contribution in [0.15, 0.2) is 24.0 Å². The molecule has 1 atom stereocenters. The lowest BCUT2D eigenvalue weighted by molar-refractivity contribution is 0.0372. The molecule has 1 aliphatic rings. The average molecular weight is 396 g/mol. The van der Waals surface area contributed by atoms with Crippen molar-refractivity contribution in [2.75, 3.05) is 36.9 Å². The fraction of sp³-hybridized carbons (Fsp3) is 0.312. The van der Waals surface area contributed by atoms with Gasteiger partial charge >= 0.3 is 0 Å². The third-order valence-corrected chi connectivity index (χ3v) is 4.60. The Kier molecular flexibility index (Phi) is 5.57. The fourth-order valence-electron chi connectivity index (χ4n) is 2.58. The normalized spacial score (nSPS) is 16.3. The molecule has 1 aliphatic heterocycles. The highest BCUT2D eigenvalue weighted by atomic mass is 32.1. The quantitative estimate of drug-likeness (QED) is 0.543. The topological polar surface area (TPSA) is 146 Å².